The first kappa shape index (κ1) is 21.1. The van der Waals surface area contributed by atoms with Gasteiger partial charge < -0.3 is 15.7 Å². The van der Waals surface area contributed by atoms with Crippen LogP contribution in [0.5, 0.6) is 0 Å². The zero-order valence-corrected chi connectivity index (χ0v) is 16.0. The van der Waals surface area contributed by atoms with Crippen molar-refractivity contribution in [3.05, 3.63) is 71.8 Å². The van der Waals surface area contributed by atoms with Crippen molar-refractivity contribution in [3.63, 3.8) is 0 Å². The average molecular weight is 414 g/mol. The molecule has 0 aliphatic carbocycles. The third-order valence-electron chi connectivity index (χ3n) is 4.40. The summed E-state index contributed by atoms with van der Waals surface area (Å²) in [6.07, 6.45) is -1.61. The van der Waals surface area contributed by atoms with Crippen molar-refractivity contribution in [1.82, 2.24) is 15.5 Å². The van der Waals surface area contributed by atoms with E-state index in [1.807, 2.05) is 30.3 Å². The van der Waals surface area contributed by atoms with Gasteiger partial charge in [-0.15, -0.1) is 0 Å². The van der Waals surface area contributed by atoms with Crippen LogP contribution in [0.4, 0.5) is 14.6 Å². The predicted molar refractivity (Wildman–Crippen MR) is 106 cm³/mol. The molecule has 2 aromatic carbocycles. The summed E-state index contributed by atoms with van der Waals surface area (Å²) in [6.45, 7) is 1.67. The number of aliphatic hydroxyl groups excluding tert-OH is 1. The van der Waals surface area contributed by atoms with Crippen molar-refractivity contribution < 1.29 is 23.5 Å². The first-order valence-corrected chi connectivity index (χ1v) is 9.23. The lowest BCUT2D eigenvalue weighted by molar-refractivity contribution is -0.133. The van der Waals surface area contributed by atoms with Crippen molar-refractivity contribution in [2.45, 2.75) is 25.5 Å². The minimum absolute atomic E-state index is 0.220. The number of aliphatic hydroxyl groups is 1. The smallest absolute Gasteiger partial charge is 0.254 e. The molecule has 156 valence electrons. The Labute approximate surface area is 171 Å². The molecule has 7 nitrogen and oxygen atoms in total. The SMILES string of the molecule is CCC(NC(=O)C(O)c1cc(F)cc(F)c1)C(=O)Nc1cc(-c2ccccc2)[nH]n1. The maximum Gasteiger partial charge on any atom is 0.254 e. The van der Waals surface area contributed by atoms with Crippen molar-refractivity contribution in [2.75, 3.05) is 5.32 Å². The molecule has 9 heteroatoms. The van der Waals surface area contributed by atoms with Gasteiger partial charge in [0, 0.05) is 12.1 Å². The fourth-order valence-electron chi connectivity index (χ4n) is 2.85. The van der Waals surface area contributed by atoms with Crippen LogP contribution in [0, 0.1) is 11.6 Å². The van der Waals surface area contributed by atoms with Crippen LogP contribution < -0.4 is 10.6 Å². The third-order valence-corrected chi connectivity index (χ3v) is 4.40. The molecule has 3 rings (SSSR count). The van der Waals surface area contributed by atoms with Gasteiger partial charge >= 0.3 is 0 Å². The highest BCUT2D eigenvalue weighted by molar-refractivity contribution is 5.97. The van der Waals surface area contributed by atoms with E-state index in [0.717, 1.165) is 17.7 Å². The quantitative estimate of drug-likeness (QED) is 0.477. The molecule has 3 aromatic rings. The van der Waals surface area contributed by atoms with Gasteiger partial charge in [0.2, 0.25) is 5.91 Å². The zero-order chi connectivity index (χ0) is 21.7. The number of carbonyl (C=O) groups excluding carboxylic acids is 2. The molecule has 30 heavy (non-hydrogen) atoms. The number of anilines is 1. The Morgan fingerprint density at radius 1 is 1.07 bits per heavy atom. The summed E-state index contributed by atoms with van der Waals surface area (Å²) in [4.78, 5) is 24.8. The Hall–Kier alpha value is -3.59. The molecular formula is C21H20F2N4O3. The molecule has 2 amide bonds. The van der Waals surface area contributed by atoms with Gasteiger partial charge in [-0.1, -0.05) is 37.3 Å². The Bertz CT molecular complexity index is 1020. The molecule has 0 bridgehead atoms. The van der Waals surface area contributed by atoms with E-state index in [-0.39, 0.29) is 17.8 Å². The van der Waals surface area contributed by atoms with Gasteiger partial charge in [0.15, 0.2) is 11.9 Å². The van der Waals surface area contributed by atoms with Crippen molar-refractivity contribution in [2.24, 2.45) is 0 Å². The Kier molecular flexibility index (Phi) is 6.53. The molecule has 2 atom stereocenters. The highest BCUT2D eigenvalue weighted by Crippen LogP contribution is 2.20. The molecule has 0 aliphatic rings. The van der Waals surface area contributed by atoms with E-state index in [4.69, 9.17) is 0 Å². The van der Waals surface area contributed by atoms with Crippen molar-refractivity contribution in [3.8, 4) is 11.3 Å². The highest BCUT2D eigenvalue weighted by atomic mass is 19.1. The summed E-state index contributed by atoms with van der Waals surface area (Å²) in [5, 5.41) is 21.9. The maximum absolute atomic E-state index is 13.3. The number of rotatable bonds is 7. The summed E-state index contributed by atoms with van der Waals surface area (Å²) in [6, 6.07) is 12.4. The molecule has 0 fully saturated rings. The number of nitrogens with zero attached hydrogens (tertiary/aromatic N) is 1. The minimum atomic E-state index is -1.83. The number of aromatic nitrogens is 2. The van der Waals surface area contributed by atoms with Crippen molar-refractivity contribution >= 4 is 17.6 Å². The molecule has 0 saturated heterocycles. The number of hydrogen-bond acceptors (Lipinski definition) is 4. The van der Waals surface area contributed by atoms with Gasteiger partial charge in [0.05, 0.1) is 5.69 Å². The second kappa shape index (κ2) is 9.27. The molecule has 0 saturated carbocycles. The first-order valence-electron chi connectivity index (χ1n) is 9.23. The van der Waals surface area contributed by atoms with Gasteiger partial charge in [-0.2, -0.15) is 5.10 Å². The monoisotopic (exact) mass is 414 g/mol. The lowest BCUT2D eigenvalue weighted by Crippen LogP contribution is -2.45. The maximum atomic E-state index is 13.3. The van der Waals surface area contributed by atoms with Crippen LogP contribution in [0.15, 0.2) is 54.6 Å². The Morgan fingerprint density at radius 3 is 2.37 bits per heavy atom. The molecule has 0 spiro atoms. The van der Waals surface area contributed by atoms with Crippen LogP contribution in [-0.2, 0) is 9.59 Å². The van der Waals surface area contributed by atoms with E-state index in [9.17, 15) is 23.5 Å². The van der Waals surface area contributed by atoms with E-state index in [0.29, 0.717) is 11.8 Å². The number of amides is 2. The second-order valence-corrected chi connectivity index (χ2v) is 6.60. The van der Waals surface area contributed by atoms with Crippen LogP contribution in [0.3, 0.4) is 0 Å². The van der Waals surface area contributed by atoms with E-state index in [1.165, 1.54) is 0 Å². The largest absolute Gasteiger partial charge is 0.378 e. The molecule has 2 unspecified atom stereocenters. The number of nitrogens with one attached hydrogen (secondary N) is 3. The van der Waals surface area contributed by atoms with Crippen molar-refractivity contribution in [1.29, 1.82) is 0 Å². The number of carbonyl (C=O) groups is 2. The fourth-order valence-corrected chi connectivity index (χ4v) is 2.85. The van der Waals surface area contributed by atoms with Gasteiger partial charge in [-0.3, -0.25) is 14.7 Å². The van der Waals surface area contributed by atoms with E-state index in [2.05, 4.69) is 20.8 Å². The lowest BCUT2D eigenvalue weighted by Gasteiger charge is -2.18. The van der Waals surface area contributed by atoms with E-state index >= 15 is 0 Å². The molecular weight excluding hydrogens is 394 g/mol. The first-order chi connectivity index (χ1) is 14.4. The van der Waals surface area contributed by atoms with Gasteiger partial charge in [0.25, 0.3) is 5.91 Å². The highest BCUT2D eigenvalue weighted by Gasteiger charge is 2.25. The van der Waals surface area contributed by atoms with Crippen LogP contribution in [-0.4, -0.2) is 33.2 Å². The van der Waals surface area contributed by atoms with Crippen LogP contribution in [0.2, 0.25) is 0 Å². The summed E-state index contributed by atoms with van der Waals surface area (Å²) in [7, 11) is 0. The summed E-state index contributed by atoms with van der Waals surface area (Å²) in [5.41, 5.74) is 1.34. The van der Waals surface area contributed by atoms with Crippen LogP contribution in [0.1, 0.15) is 25.0 Å². The topological polar surface area (TPSA) is 107 Å². The number of H-pyrrole nitrogens is 1. The summed E-state index contributed by atoms with van der Waals surface area (Å²) >= 11 is 0. The number of aromatic amines is 1. The lowest BCUT2D eigenvalue weighted by atomic mass is 10.1. The fraction of sp³-hybridized carbons (Fsp3) is 0.190. The molecule has 4 N–H and O–H groups in total. The van der Waals surface area contributed by atoms with Crippen LogP contribution in [0.25, 0.3) is 11.3 Å². The average Bonchev–Trinajstić information content (AvgIpc) is 3.19. The number of halogens is 2. The van der Waals surface area contributed by atoms with E-state index < -0.39 is 35.6 Å². The minimum Gasteiger partial charge on any atom is -0.378 e. The molecule has 1 heterocycles. The Morgan fingerprint density at radius 2 is 1.73 bits per heavy atom. The predicted octanol–water partition coefficient (Wildman–Crippen LogP) is 2.92. The summed E-state index contributed by atoms with van der Waals surface area (Å²) < 4.78 is 26.6. The van der Waals surface area contributed by atoms with E-state index in [1.54, 1.807) is 13.0 Å². The second-order valence-electron chi connectivity index (χ2n) is 6.60. The van der Waals surface area contributed by atoms with Crippen LogP contribution >= 0.6 is 0 Å². The standard InChI is InChI=1S/C21H20F2N4O3/c1-2-16(24-21(30)19(28)13-8-14(22)10-15(23)9-13)20(29)25-18-11-17(26-27-18)12-6-4-3-5-7-12/h3-11,16,19,28H,2H2,1H3,(H,24,30)(H2,25,26,27,29). The number of hydrogen-bond donors (Lipinski definition) is 4. The summed E-state index contributed by atoms with van der Waals surface area (Å²) in [5.74, 6) is -3.08. The third kappa shape index (κ3) is 5.06. The zero-order valence-electron chi connectivity index (χ0n) is 16.0. The Balaban J connectivity index is 1.64. The van der Waals surface area contributed by atoms with Gasteiger partial charge in [-0.25, -0.2) is 8.78 Å². The normalized spacial score (nSPS) is 12.8. The molecule has 0 aliphatic heterocycles. The van der Waals surface area contributed by atoms with Gasteiger partial charge in [0.1, 0.15) is 17.7 Å². The van der Waals surface area contributed by atoms with Gasteiger partial charge in [-0.05, 0) is 29.7 Å². The molecule has 0 radical (unpaired) electrons. The molecule has 1 aromatic heterocycles. The number of benzene rings is 2.